The molecule has 0 radical (unpaired) electrons. The summed E-state index contributed by atoms with van der Waals surface area (Å²) in [7, 11) is -3.46. The minimum Gasteiger partial charge on any atom is -0.327 e. The maximum absolute atomic E-state index is 12.9. The summed E-state index contributed by atoms with van der Waals surface area (Å²) in [4.78, 5) is 0.420. The molecule has 1 aromatic rings. The van der Waals surface area contributed by atoms with Crippen LogP contribution < -0.4 is 5.73 Å². The van der Waals surface area contributed by atoms with Gasteiger partial charge in [-0.05, 0) is 42.4 Å². The third-order valence-electron chi connectivity index (χ3n) is 4.09. The summed E-state index contributed by atoms with van der Waals surface area (Å²) in [5.74, 6) is 0. The van der Waals surface area contributed by atoms with E-state index < -0.39 is 10.0 Å². The maximum Gasteiger partial charge on any atom is 0.243 e. The van der Waals surface area contributed by atoms with Gasteiger partial charge in [-0.15, -0.1) is 0 Å². The highest BCUT2D eigenvalue weighted by molar-refractivity contribution is 7.89. The first kappa shape index (κ1) is 16.5. The number of hydrogen-bond donors (Lipinski definition) is 1. The second-order valence-electron chi connectivity index (χ2n) is 7.00. The average molecular weight is 310 g/mol. The van der Waals surface area contributed by atoms with Gasteiger partial charge in [0.1, 0.15) is 0 Å². The average Bonchev–Trinajstić information content (AvgIpc) is 2.37. The number of nitrogens with two attached hydrogens (primary N) is 1. The molecule has 1 aromatic carbocycles. The van der Waals surface area contributed by atoms with E-state index in [9.17, 15) is 8.42 Å². The van der Waals surface area contributed by atoms with Gasteiger partial charge in [-0.25, -0.2) is 8.42 Å². The molecule has 21 heavy (non-hydrogen) atoms. The molecule has 1 unspecified atom stereocenters. The number of sulfonamides is 1. The number of hydrogen-bond acceptors (Lipinski definition) is 3. The predicted molar refractivity (Wildman–Crippen MR) is 85.8 cm³/mol. The zero-order valence-electron chi connectivity index (χ0n) is 13.4. The van der Waals surface area contributed by atoms with Crippen molar-refractivity contribution in [1.82, 2.24) is 4.31 Å². The summed E-state index contributed by atoms with van der Waals surface area (Å²) >= 11 is 0. The van der Waals surface area contributed by atoms with Crippen LogP contribution in [0.25, 0.3) is 0 Å². The number of aryl methyl sites for hydroxylation is 1. The van der Waals surface area contributed by atoms with Crippen LogP contribution in [0.3, 0.4) is 0 Å². The Hall–Kier alpha value is -0.910. The fourth-order valence-corrected chi connectivity index (χ4v) is 4.46. The molecule has 1 atom stereocenters. The Kier molecular flexibility index (Phi) is 4.47. The van der Waals surface area contributed by atoms with E-state index in [1.807, 2.05) is 25.1 Å². The van der Waals surface area contributed by atoms with Crippen molar-refractivity contribution in [3.05, 3.63) is 29.3 Å². The quantitative estimate of drug-likeness (QED) is 0.912. The molecule has 1 aliphatic rings. The van der Waals surface area contributed by atoms with Gasteiger partial charge < -0.3 is 5.73 Å². The van der Waals surface area contributed by atoms with Gasteiger partial charge in [-0.1, -0.05) is 32.9 Å². The molecule has 0 bridgehead atoms. The molecule has 0 amide bonds. The number of rotatable bonds is 2. The highest BCUT2D eigenvalue weighted by Crippen LogP contribution is 2.29. The fraction of sp³-hybridized carbons (Fsp3) is 0.625. The molecule has 5 heteroatoms. The molecule has 2 N–H and O–H groups in total. The Morgan fingerprint density at radius 1 is 1.29 bits per heavy atom. The number of piperidine rings is 1. The maximum atomic E-state index is 12.9. The van der Waals surface area contributed by atoms with Crippen LogP contribution >= 0.6 is 0 Å². The van der Waals surface area contributed by atoms with Crippen molar-refractivity contribution in [3.63, 3.8) is 0 Å². The van der Waals surface area contributed by atoms with Crippen molar-refractivity contribution in [2.24, 2.45) is 5.73 Å². The molecule has 118 valence electrons. The lowest BCUT2D eigenvalue weighted by Gasteiger charge is -2.31. The van der Waals surface area contributed by atoms with Crippen LogP contribution in [-0.4, -0.2) is 31.9 Å². The van der Waals surface area contributed by atoms with E-state index in [2.05, 4.69) is 20.8 Å². The smallest absolute Gasteiger partial charge is 0.243 e. The lowest BCUT2D eigenvalue weighted by molar-refractivity contribution is 0.316. The van der Waals surface area contributed by atoms with Crippen LogP contribution in [0.5, 0.6) is 0 Å². The molecule has 1 saturated heterocycles. The minimum absolute atomic E-state index is 0.0559. The first-order valence-corrected chi connectivity index (χ1v) is 8.93. The highest BCUT2D eigenvalue weighted by atomic mass is 32.2. The van der Waals surface area contributed by atoms with Gasteiger partial charge in [0.2, 0.25) is 10.0 Å². The second kappa shape index (κ2) is 5.71. The topological polar surface area (TPSA) is 63.4 Å². The molecule has 1 aliphatic heterocycles. The van der Waals surface area contributed by atoms with Crippen molar-refractivity contribution in [2.75, 3.05) is 13.1 Å². The first-order chi connectivity index (χ1) is 9.62. The van der Waals surface area contributed by atoms with Gasteiger partial charge in [-0.3, -0.25) is 0 Å². The Balaban J connectivity index is 2.44. The van der Waals surface area contributed by atoms with Crippen molar-refractivity contribution in [1.29, 1.82) is 0 Å². The van der Waals surface area contributed by atoms with E-state index in [-0.39, 0.29) is 11.5 Å². The van der Waals surface area contributed by atoms with Crippen molar-refractivity contribution < 1.29 is 8.42 Å². The summed E-state index contributed by atoms with van der Waals surface area (Å²) in [5.41, 5.74) is 7.69. The molecule has 4 nitrogen and oxygen atoms in total. The third kappa shape index (κ3) is 3.47. The van der Waals surface area contributed by atoms with Crippen LogP contribution in [-0.2, 0) is 15.4 Å². The standard InChI is InChI=1S/C16H26N2O2S/c1-12-7-8-13(16(2,3)4)10-15(12)21(19,20)18-9-5-6-14(17)11-18/h7-8,10,14H,5-6,9,11,17H2,1-4H3. The van der Waals surface area contributed by atoms with Gasteiger partial charge >= 0.3 is 0 Å². The van der Waals surface area contributed by atoms with Gasteiger partial charge in [0.15, 0.2) is 0 Å². The van der Waals surface area contributed by atoms with Gasteiger partial charge in [-0.2, -0.15) is 4.31 Å². The largest absolute Gasteiger partial charge is 0.327 e. The van der Waals surface area contributed by atoms with Crippen LogP contribution in [0.15, 0.2) is 23.1 Å². The lowest BCUT2D eigenvalue weighted by atomic mass is 9.87. The van der Waals surface area contributed by atoms with E-state index in [0.717, 1.165) is 24.0 Å². The van der Waals surface area contributed by atoms with E-state index in [0.29, 0.717) is 18.0 Å². The monoisotopic (exact) mass is 310 g/mol. The molecule has 1 fully saturated rings. The Labute approximate surface area is 128 Å². The zero-order valence-corrected chi connectivity index (χ0v) is 14.2. The highest BCUT2D eigenvalue weighted by Gasteiger charge is 2.30. The molecular formula is C16H26N2O2S. The van der Waals surface area contributed by atoms with Crippen LogP contribution in [0.1, 0.15) is 44.7 Å². The van der Waals surface area contributed by atoms with Gasteiger partial charge in [0.05, 0.1) is 4.90 Å². The van der Waals surface area contributed by atoms with Gasteiger partial charge in [0, 0.05) is 19.1 Å². The Morgan fingerprint density at radius 3 is 2.52 bits per heavy atom. The molecule has 2 rings (SSSR count). The SMILES string of the molecule is Cc1ccc(C(C)(C)C)cc1S(=O)(=O)N1CCCC(N)C1. The lowest BCUT2D eigenvalue weighted by Crippen LogP contribution is -2.45. The van der Waals surface area contributed by atoms with Crippen molar-refractivity contribution >= 4 is 10.0 Å². The second-order valence-corrected chi connectivity index (χ2v) is 8.90. The molecule has 0 saturated carbocycles. The van der Waals surface area contributed by atoms with Crippen molar-refractivity contribution in [3.8, 4) is 0 Å². The minimum atomic E-state index is -3.46. The fourth-order valence-electron chi connectivity index (χ4n) is 2.68. The van der Waals surface area contributed by atoms with E-state index in [1.165, 1.54) is 4.31 Å². The molecule has 0 spiro atoms. The van der Waals surface area contributed by atoms with Gasteiger partial charge in [0.25, 0.3) is 0 Å². The van der Waals surface area contributed by atoms with E-state index >= 15 is 0 Å². The Bertz CT molecular complexity index is 618. The summed E-state index contributed by atoms with van der Waals surface area (Å²) in [5, 5.41) is 0. The van der Waals surface area contributed by atoms with Crippen LogP contribution in [0.4, 0.5) is 0 Å². The molecule has 1 heterocycles. The summed E-state index contributed by atoms with van der Waals surface area (Å²) < 4.78 is 27.3. The first-order valence-electron chi connectivity index (χ1n) is 7.49. The zero-order chi connectivity index (χ0) is 15.8. The predicted octanol–water partition coefficient (Wildman–Crippen LogP) is 2.40. The summed E-state index contributed by atoms with van der Waals surface area (Å²) in [6.07, 6.45) is 1.73. The van der Waals surface area contributed by atoms with E-state index in [4.69, 9.17) is 5.73 Å². The van der Waals surface area contributed by atoms with E-state index in [1.54, 1.807) is 0 Å². The molecular weight excluding hydrogens is 284 g/mol. The molecule has 0 aliphatic carbocycles. The third-order valence-corrected chi connectivity index (χ3v) is 6.10. The van der Waals surface area contributed by atoms with Crippen molar-refractivity contribution in [2.45, 2.75) is 56.9 Å². The normalized spacial score (nSPS) is 21.5. The number of nitrogens with zero attached hydrogens (tertiary/aromatic N) is 1. The van der Waals surface area contributed by atoms with Crippen LogP contribution in [0, 0.1) is 6.92 Å². The number of benzene rings is 1. The summed E-state index contributed by atoms with van der Waals surface area (Å²) in [6.45, 7) is 9.10. The van der Waals surface area contributed by atoms with Crippen LogP contribution in [0.2, 0.25) is 0 Å². The summed E-state index contributed by atoms with van der Waals surface area (Å²) in [6, 6.07) is 5.68. The Morgan fingerprint density at radius 2 is 1.95 bits per heavy atom. The molecule has 0 aromatic heterocycles.